The summed E-state index contributed by atoms with van der Waals surface area (Å²) < 4.78 is 15.4. The Labute approximate surface area is 368 Å². The van der Waals surface area contributed by atoms with Crippen molar-refractivity contribution < 1.29 is 72.3 Å². The van der Waals surface area contributed by atoms with Crippen molar-refractivity contribution in [2.24, 2.45) is 5.41 Å². The van der Waals surface area contributed by atoms with Gasteiger partial charge in [0.05, 0.1) is 22.1 Å². The summed E-state index contributed by atoms with van der Waals surface area (Å²) >= 11 is 0. The average Bonchev–Trinajstić information content (AvgIpc) is 3.33. The highest BCUT2D eigenvalue weighted by molar-refractivity contribution is 6.99. The Hall–Kier alpha value is -7.03. The molecule has 0 N–H and O–H groups in total. The summed E-state index contributed by atoms with van der Waals surface area (Å²) in [6.45, 7) is 28.7. The van der Waals surface area contributed by atoms with Gasteiger partial charge in [0.25, 0.3) is 0 Å². The highest BCUT2D eigenvalue weighted by atomic mass is 28.3. The van der Waals surface area contributed by atoms with Crippen molar-refractivity contribution in [3.63, 3.8) is 0 Å². The van der Waals surface area contributed by atoms with E-state index in [1.807, 2.05) is 53.8 Å². The fourth-order valence-electron chi connectivity index (χ4n) is 5.35. The molecule has 0 saturated heterocycles. The SMILES string of the molecule is C=C[Si](C)(C=C)c1ccc(C(=O)OOC(=O)OCC(CC)(COC(=O)OOC(=O)c2ccc([Si](C)(C=C)C=C)cc2)COC(=O)OOC(=O)c2ccc([Si](C)(C=C)C=C)cc2)cc1. The third kappa shape index (κ3) is 13.5. The van der Waals surface area contributed by atoms with Crippen molar-refractivity contribution in [3.05, 3.63) is 163 Å². The monoisotopic (exact) mass is 914 g/mol. The molecule has 0 spiro atoms. The topological polar surface area (TPSA) is 185 Å². The molecule has 3 aromatic carbocycles. The summed E-state index contributed by atoms with van der Waals surface area (Å²) in [5, 5.41) is 2.77. The average molecular weight is 915 g/mol. The Morgan fingerprint density at radius 1 is 0.429 bits per heavy atom. The maximum Gasteiger partial charge on any atom is 0.549 e. The van der Waals surface area contributed by atoms with E-state index in [2.05, 4.69) is 68.8 Å². The van der Waals surface area contributed by atoms with E-state index in [0.717, 1.165) is 15.6 Å². The van der Waals surface area contributed by atoms with E-state index >= 15 is 0 Å². The molecular formula is C45H50O15Si3. The van der Waals surface area contributed by atoms with Crippen LogP contribution in [0.2, 0.25) is 19.6 Å². The first-order valence-corrected chi connectivity index (χ1v) is 27.2. The van der Waals surface area contributed by atoms with Crippen LogP contribution in [0.25, 0.3) is 0 Å². The predicted octanol–water partition coefficient (Wildman–Crippen LogP) is 7.37. The first kappa shape index (κ1) is 50.3. The van der Waals surface area contributed by atoms with Gasteiger partial charge < -0.3 is 14.2 Å². The molecule has 0 aromatic heterocycles. The van der Waals surface area contributed by atoms with E-state index in [4.69, 9.17) is 14.2 Å². The summed E-state index contributed by atoms with van der Waals surface area (Å²) in [5.74, 6) is -3.05. The fraction of sp³-hybridized carbons (Fsp3) is 0.200. The molecule has 0 aliphatic carbocycles. The second-order valence-corrected chi connectivity index (χ2v) is 26.5. The normalized spacial score (nSPS) is 11.2. The molecule has 0 fully saturated rings. The van der Waals surface area contributed by atoms with Gasteiger partial charge in [-0.2, -0.15) is 14.4 Å². The molecular weight excluding hydrogens is 865 g/mol. The van der Waals surface area contributed by atoms with E-state index in [0.29, 0.717) is 0 Å². The Bertz CT molecular complexity index is 1930. The van der Waals surface area contributed by atoms with Crippen LogP contribution < -0.4 is 15.6 Å². The molecule has 0 saturated carbocycles. The highest BCUT2D eigenvalue weighted by Crippen LogP contribution is 2.25. The first-order valence-electron chi connectivity index (χ1n) is 19.2. The largest absolute Gasteiger partial charge is 0.549 e. The minimum atomic E-state index is -2.16. The molecule has 3 rings (SSSR count). The van der Waals surface area contributed by atoms with Crippen LogP contribution in [0.3, 0.4) is 0 Å². The van der Waals surface area contributed by atoms with Gasteiger partial charge in [0.15, 0.2) is 0 Å². The minimum Gasteiger partial charge on any atom is -0.431 e. The Morgan fingerprint density at radius 3 is 0.841 bits per heavy atom. The summed E-state index contributed by atoms with van der Waals surface area (Å²) in [6.07, 6.45) is -4.50. The molecule has 3 aromatic rings. The van der Waals surface area contributed by atoms with Gasteiger partial charge in [-0.15, -0.1) is 39.5 Å². The third-order valence-electron chi connectivity index (χ3n) is 10.6. The van der Waals surface area contributed by atoms with Crippen molar-refractivity contribution in [1.82, 2.24) is 0 Å². The number of benzene rings is 3. The zero-order valence-electron chi connectivity index (χ0n) is 35.6. The highest BCUT2D eigenvalue weighted by Gasteiger charge is 2.36. The van der Waals surface area contributed by atoms with E-state index < -0.39 is 85.8 Å². The molecule has 332 valence electrons. The molecule has 0 aliphatic heterocycles. The Morgan fingerprint density at radius 2 is 0.651 bits per heavy atom. The molecule has 15 nitrogen and oxygen atoms in total. The Balaban J connectivity index is 1.66. The lowest BCUT2D eigenvalue weighted by Gasteiger charge is -2.29. The molecule has 63 heavy (non-hydrogen) atoms. The summed E-state index contributed by atoms with van der Waals surface area (Å²) in [5.41, 5.74) is 9.56. The van der Waals surface area contributed by atoms with E-state index in [-0.39, 0.29) is 23.1 Å². The van der Waals surface area contributed by atoms with Crippen LogP contribution in [0.4, 0.5) is 14.4 Å². The molecule has 18 heteroatoms. The van der Waals surface area contributed by atoms with Gasteiger partial charge in [0.1, 0.15) is 44.0 Å². The molecule has 0 unspecified atom stereocenters. The summed E-state index contributed by atoms with van der Waals surface area (Å²) in [6, 6.07) is 19.1. The third-order valence-corrected chi connectivity index (χ3v) is 20.4. The fourth-order valence-corrected chi connectivity index (χ4v) is 9.92. The maximum absolute atomic E-state index is 12.6. The van der Waals surface area contributed by atoms with Crippen LogP contribution in [0.5, 0.6) is 0 Å². The lowest BCUT2D eigenvalue weighted by molar-refractivity contribution is -0.217. The van der Waals surface area contributed by atoms with Crippen molar-refractivity contribution in [2.75, 3.05) is 19.8 Å². The van der Waals surface area contributed by atoms with Gasteiger partial charge in [-0.3, -0.25) is 0 Å². The van der Waals surface area contributed by atoms with Crippen molar-refractivity contribution in [1.29, 1.82) is 0 Å². The van der Waals surface area contributed by atoms with Gasteiger partial charge >= 0.3 is 36.4 Å². The van der Waals surface area contributed by atoms with E-state index in [9.17, 15) is 28.8 Å². The van der Waals surface area contributed by atoms with Crippen LogP contribution in [0.15, 0.2) is 146 Å². The zero-order chi connectivity index (χ0) is 46.8. The molecule has 0 atom stereocenters. The van der Waals surface area contributed by atoms with Gasteiger partial charge in [0, 0.05) is 0 Å². The second-order valence-electron chi connectivity index (χ2n) is 14.6. The molecule has 0 bridgehead atoms. The number of hydrogen-bond acceptors (Lipinski definition) is 15. The number of carbonyl (C=O) groups is 6. The lowest BCUT2D eigenvalue weighted by atomic mass is 9.88. The zero-order valence-corrected chi connectivity index (χ0v) is 38.6. The lowest BCUT2D eigenvalue weighted by Crippen LogP contribution is -2.40. The van der Waals surface area contributed by atoms with Crippen LogP contribution >= 0.6 is 0 Å². The summed E-state index contributed by atoms with van der Waals surface area (Å²) in [4.78, 5) is 103. The second kappa shape index (κ2) is 22.7. The van der Waals surface area contributed by atoms with Gasteiger partial charge in [0.2, 0.25) is 0 Å². The number of hydrogen-bond donors (Lipinski definition) is 0. The number of rotatable bonds is 19. The smallest absolute Gasteiger partial charge is 0.431 e. The first-order chi connectivity index (χ1) is 29.9. The summed E-state index contributed by atoms with van der Waals surface area (Å²) in [7, 11) is -6.47. The number of ether oxygens (including phenoxy) is 3. The van der Waals surface area contributed by atoms with Gasteiger partial charge in [-0.1, -0.05) is 113 Å². The quantitative estimate of drug-likeness (QED) is 0.0381. The predicted molar refractivity (Wildman–Crippen MR) is 241 cm³/mol. The molecule has 0 radical (unpaired) electrons. The van der Waals surface area contributed by atoms with Crippen molar-refractivity contribution in [3.8, 4) is 0 Å². The molecule has 0 heterocycles. The van der Waals surface area contributed by atoms with Gasteiger partial charge in [-0.05, 0) is 42.8 Å². The van der Waals surface area contributed by atoms with E-state index in [1.165, 1.54) is 36.4 Å². The van der Waals surface area contributed by atoms with Crippen LogP contribution in [0.1, 0.15) is 44.4 Å². The van der Waals surface area contributed by atoms with Crippen LogP contribution in [0, 0.1) is 5.41 Å². The van der Waals surface area contributed by atoms with E-state index in [1.54, 1.807) is 43.3 Å². The Kier molecular flexibility index (Phi) is 18.1. The standard InChI is InChI=1S/C45H50O15Si3/c1-11-45(30-52-42(49)58-55-39(46)33-18-24-36(25-19-33)61(8,12-2)13-3,31-53-43(50)59-56-40(47)34-20-26-37(27-21-34)62(9,14-4)15-5)32-54-44(51)60-57-41(48)35-22-28-38(29-23-35)63(10,16-6)17-7/h12-29H,2-7,11,30-32H2,1,8-10H3. The van der Waals surface area contributed by atoms with Crippen LogP contribution in [-0.2, 0) is 43.5 Å². The van der Waals surface area contributed by atoms with Crippen molar-refractivity contribution in [2.45, 2.75) is 33.0 Å². The van der Waals surface area contributed by atoms with Gasteiger partial charge in [-0.25, -0.2) is 43.7 Å². The number of carbonyl (C=O) groups excluding carboxylic acids is 6. The van der Waals surface area contributed by atoms with Crippen LogP contribution in [-0.4, -0.2) is 80.4 Å². The molecule has 0 aliphatic rings. The molecule has 0 amide bonds. The minimum absolute atomic E-state index is 0.0296. The maximum atomic E-state index is 12.6. The van der Waals surface area contributed by atoms with Crippen molar-refractivity contribution >= 4 is 76.2 Å².